The zero-order chi connectivity index (χ0) is 24.2. The number of carbonyl (C=O) groups excluding carboxylic acids is 1. The number of pyridine rings is 1. The van der Waals surface area contributed by atoms with E-state index in [4.69, 9.17) is 22.1 Å². The molecule has 3 aromatic heterocycles. The molecule has 1 aliphatic heterocycles. The summed E-state index contributed by atoms with van der Waals surface area (Å²) >= 11 is 8.37. The molecule has 0 aliphatic carbocycles. The summed E-state index contributed by atoms with van der Waals surface area (Å²) in [6, 6.07) is 1.76. The van der Waals surface area contributed by atoms with Crippen LogP contribution in [0.4, 0.5) is 15.8 Å². The highest BCUT2D eigenvalue weighted by Gasteiger charge is 2.21. The Bertz CT molecular complexity index is 1260. The first-order chi connectivity index (χ1) is 16.3. The minimum Gasteiger partial charge on any atom is -0.383 e. The van der Waals surface area contributed by atoms with E-state index in [0.717, 1.165) is 54.3 Å². The van der Waals surface area contributed by atoms with E-state index in [-0.39, 0.29) is 34.1 Å². The number of aliphatic imine (C=N–C) groups is 1. The molecule has 1 unspecified atom stereocenters. The first-order valence-electron chi connectivity index (χ1n) is 10.6. The van der Waals surface area contributed by atoms with Crippen LogP contribution >= 0.6 is 34.5 Å². The van der Waals surface area contributed by atoms with Crippen molar-refractivity contribution in [2.24, 2.45) is 10.7 Å². The van der Waals surface area contributed by atoms with Crippen molar-refractivity contribution >= 4 is 62.0 Å². The van der Waals surface area contributed by atoms with E-state index in [1.54, 1.807) is 19.2 Å². The highest BCUT2D eigenvalue weighted by atomic mass is 35.5. The molecule has 0 radical (unpaired) electrons. The summed E-state index contributed by atoms with van der Waals surface area (Å²) in [5.41, 5.74) is 7.84. The van der Waals surface area contributed by atoms with Crippen molar-refractivity contribution in [3.63, 3.8) is 0 Å². The summed E-state index contributed by atoms with van der Waals surface area (Å²) in [4.78, 5) is 38.4. The molecule has 1 atom stereocenters. The van der Waals surface area contributed by atoms with E-state index in [0.29, 0.717) is 32.9 Å². The van der Waals surface area contributed by atoms with Crippen LogP contribution in [0.1, 0.15) is 45.8 Å². The largest absolute Gasteiger partial charge is 0.383 e. The SMILES string of the molecule is Cc1ccnc(Cl)c1NC(=O)c1sc(Nc2s[nH]c(=O)c2C(N)=NCCC2CCCO2)nc1C. The number of carbonyl (C=O) groups is 1. The number of amides is 1. The molecular formula is C21H24ClN7O3S2. The fourth-order valence-electron chi connectivity index (χ4n) is 3.51. The van der Waals surface area contributed by atoms with Crippen LogP contribution in [-0.4, -0.2) is 45.3 Å². The molecule has 13 heteroatoms. The first kappa shape index (κ1) is 24.3. The number of H-pyrrole nitrogens is 1. The third kappa shape index (κ3) is 5.46. The van der Waals surface area contributed by atoms with Crippen molar-refractivity contribution in [1.82, 2.24) is 14.3 Å². The molecule has 1 fully saturated rings. The topological polar surface area (TPSA) is 147 Å². The van der Waals surface area contributed by atoms with Gasteiger partial charge in [0.2, 0.25) is 0 Å². The number of ether oxygens (including phenoxy) is 1. The first-order valence-corrected chi connectivity index (χ1v) is 12.6. The van der Waals surface area contributed by atoms with Gasteiger partial charge in [0.25, 0.3) is 11.5 Å². The van der Waals surface area contributed by atoms with Crippen LogP contribution in [0.25, 0.3) is 0 Å². The van der Waals surface area contributed by atoms with Gasteiger partial charge in [0.1, 0.15) is 21.3 Å². The number of nitrogens with two attached hydrogens (primary N) is 1. The Morgan fingerprint density at radius 2 is 2.26 bits per heavy atom. The summed E-state index contributed by atoms with van der Waals surface area (Å²) in [7, 11) is 0. The zero-order valence-electron chi connectivity index (χ0n) is 18.6. The summed E-state index contributed by atoms with van der Waals surface area (Å²) in [6.07, 6.45) is 4.61. The zero-order valence-corrected chi connectivity index (χ0v) is 21.0. The minimum absolute atomic E-state index is 0.149. The fraction of sp³-hybridized carbons (Fsp3) is 0.381. The average Bonchev–Trinajstić information content (AvgIpc) is 3.52. The van der Waals surface area contributed by atoms with Crippen LogP contribution in [0.5, 0.6) is 0 Å². The number of aromatic amines is 1. The fourth-order valence-corrected chi connectivity index (χ4v) is 5.43. The number of amidine groups is 1. The van der Waals surface area contributed by atoms with Crippen LogP contribution < -0.4 is 21.9 Å². The van der Waals surface area contributed by atoms with E-state index in [9.17, 15) is 9.59 Å². The van der Waals surface area contributed by atoms with Crippen LogP contribution in [0, 0.1) is 13.8 Å². The highest BCUT2D eigenvalue weighted by molar-refractivity contribution is 7.18. The second kappa shape index (κ2) is 10.6. The third-order valence-electron chi connectivity index (χ3n) is 5.29. The van der Waals surface area contributed by atoms with E-state index in [1.807, 2.05) is 6.92 Å². The maximum Gasteiger partial charge on any atom is 0.271 e. The lowest BCUT2D eigenvalue weighted by Gasteiger charge is -2.08. The Kier molecular flexibility index (Phi) is 7.61. The van der Waals surface area contributed by atoms with Gasteiger partial charge in [-0.2, -0.15) is 0 Å². The Labute approximate surface area is 208 Å². The number of hydrogen-bond donors (Lipinski definition) is 4. The maximum atomic E-state index is 12.9. The van der Waals surface area contributed by atoms with Gasteiger partial charge in [0, 0.05) is 19.3 Å². The molecule has 1 amide bonds. The number of rotatable bonds is 8. The minimum atomic E-state index is -0.348. The summed E-state index contributed by atoms with van der Waals surface area (Å²) in [5, 5.41) is 7.04. The number of halogens is 1. The number of hydrogen-bond acceptors (Lipinski definition) is 9. The maximum absolute atomic E-state index is 12.9. The van der Waals surface area contributed by atoms with E-state index in [2.05, 4.69) is 30.0 Å². The summed E-state index contributed by atoms with van der Waals surface area (Å²) < 4.78 is 8.27. The molecule has 0 saturated carbocycles. The van der Waals surface area contributed by atoms with Gasteiger partial charge < -0.3 is 21.1 Å². The number of nitrogens with one attached hydrogen (secondary N) is 3. The summed E-state index contributed by atoms with van der Waals surface area (Å²) in [6.45, 7) is 4.82. The predicted octanol–water partition coefficient (Wildman–Crippen LogP) is 3.83. The van der Waals surface area contributed by atoms with Crippen molar-refractivity contribution in [2.45, 2.75) is 39.2 Å². The molecule has 10 nitrogen and oxygen atoms in total. The lowest BCUT2D eigenvalue weighted by atomic mass is 10.2. The van der Waals surface area contributed by atoms with Crippen molar-refractivity contribution in [1.29, 1.82) is 0 Å². The number of aryl methyl sites for hydroxylation is 2. The molecule has 5 N–H and O–H groups in total. The molecule has 34 heavy (non-hydrogen) atoms. The van der Waals surface area contributed by atoms with Gasteiger partial charge in [0.05, 0.1) is 17.5 Å². The van der Waals surface area contributed by atoms with Crippen LogP contribution in [0.2, 0.25) is 5.15 Å². The Hall–Kier alpha value is -2.80. The van der Waals surface area contributed by atoms with Gasteiger partial charge in [-0.1, -0.05) is 22.9 Å². The van der Waals surface area contributed by atoms with Crippen LogP contribution in [-0.2, 0) is 4.74 Å². The molecule has 1 saturated heterocycles. The van der Waals surface area contributed by atoms with E-state index in [1.165, 1.54) is 0 Å². The standard InChI is InChI=1S/C21H24ClN7O3S2/c1-10-5-7-24-16(22)14(10)27-19(31)15-11(2)26-21(33-15)28-20-13(18(30)29-34-20)17(23)25-8-6-12-4-3-9-32-12/h5,7,12H,3-4,6,8-9H2,1-2H3,(H2,23,25)(H,26,28)(H,27,31)(H,29,30). The second-order valence-corrected chi connectivity index (χ2v) is 9.91. The third-order valence-corrected chi connectivity index (χ3v) is 7.44. The van der Waals surface area contributed by atoms with Gasteiger partial charge in [-0.15, -0.1) is 0 Å². The Morgan fingerprint density at radius 3 is 3.00 bits per heavy atom. The molecule has 0 aromatic carbocycles. The number of nitrogens with zero attached hydrogens (tertiary/aromatic N) is 3. The second-order valence-electron chi connectivity index (χ2n) is 7.73. The summed E-state index contributed by atoms with van der Waals surface area (Å²) in [5.74, 6) is -0.199. The monoisotopic (exact) mass is 521 g/mol. The van der Waals surface area contributed by atoms with Gasteiger partial charge in [-0.05, 0) is 56.3 Å². The van der Waals surface area contributed by atoms with E-state index >= 15 is 0 Å². The van der Waals surface area contributed by atoms with Gasteiger partial charge in [-0.25, -0.2) is 9.97 Å². The molecule has 4 heterocycles. The van der Waals surface area contributed by atoms with Crippen LogP contribution in [0.15, 0.2) is 22.1 Å². The normalized spacial score (nSPS) is 16.1. The van der Waals surface area contributed by atoms with Crippen molar-refractivity contribution in [3.8, 4) is 0 Å². The Morgan fingerprint density at radius 1 is 1.44 bits per heavy atom. The molecule has 1 aliphatic rings. The molecular weight excluding hydrogens is 498 g/mol. The smallest absolute Gasteiger partial charge is 0.271 e. The molecule has 4 rings (SSSR count). The average molecular weight is 522 g/mol. The quantitative estimate of drug-likeness (QED) is 0.200. The van der Waals surface area contributed by atoms with Crippen molar-refractivity contribution in [2.75, 3.05) is 23.8 Å². The van der Waals surface area contributed by atoms with E-state index < -0.39 is 0 Å². The number of thiazole rings is 1. The van der Waals surface area contributed by atoms with Crippen molar-refractivity contribution in [3.05, 3.63) is 49.5 Å². The lowest BCUT2D eigenvalue weighted by Crippen LogP contribution is -2.23. The Balaban J connectivity index is 1.48. The number of anilines is 3. The predicted molar refractivity (Wildman–Crippen MR) is 136 cm³/mol. The van der Waals surface area contributed by atoms with Gasteiger partial charge in [-0.3, -0.25) is 19.0 Å². The van der Waals surface area contributed by atoms with Crippen molar-refractivity contribution < 1.29 is 9.53 Å². The molecule has 0 spiro atoms. The van der Waals surface area contributed by atoms with Gasteiger partial charge >= 0.3 is 0 Å². The molecule has 0 bridgehead atoms. The molecule has 3 aromatic rings. The lowest BCUT2D eigenvalue weighted by molar-refractivity contribution is 0.102. The van der Waals surface area contributed by atoms with Crippen LogP contribution in [0.3, 0.4) is 0 Å². The molecule has 180 valence electrons. The number of aromatic nitrogens is 3. The highest BCUT2D eigenvalue weighted by Crippen LogP contribution is 2.30. The van der Waals surface area contributed by atoms with Gasteiger partial charge in [0.15, 0.2) is 10.3 Å².